The zero-order valence-electron chi connectivity index (χ0n) is 25.9. The molecule has 0 unspecified atom stereocenters. The van der Waals surface area contributed by atoms with Gasteiger partial charge in [-0.05, 0) is 59.8 Å². The summed E-state index contributed by atoms with van der Waals surface area (Å²) in [6.45, 7) is 3.47. The van der Waals surface area contributed by atoms with Crippen LogP contribution in [-0.4, -0.2) is 69.1 Å². The van der Waals surface area contributed by atoms with Crippen molar-refractivity contribution in [3.63, 3.8) is 0 Å². The number of hydrogen-bond donors (Lipinski definition) is 2. The Hall–Kier alpha value is -5.04. The van der Waals surface area contributed by atoms with Crippen LogP contribution in [0.1, 0.15) is 27.0 Å². The lowest BCUT2D eigenvalue weighted by molar-refractivity contribution is 0.0602. The lowest BCUT2D eigenvalue weighted by atomic mass is 9.92. The number of rotatable bonds is 11. The summed E-state index contributed by atoms with van der Waals surface area (Å²) in [5.74, 6) is -0.787. The second kappa shape index (κ2) is 13.4. The number of nitrogens with zero attached hydrogens (tertiary/aromatic N) is 2. The van der Waals surface area contributed by atoms with Crippen molar-refractivity contribution in [1.29, 1.82) is 0 Å². The number of H-pyrrole nitrogens is 1. The van der Waals surface area contributed by atoms with Gasteiger partial charge in [-0.25, -0.2) is 18.2 Å². The maximum absolute atomic E-state index is 13.4. The monoisotopic (exact) mass is 668 g/mol. The Bertz CT molecular complexity index is 2190. The van der Waals surface area contributed by atoms with E-state index < -0.39 is 16.0 Å². The van der Waals surface area contributed by atoms with E-state index in [0.717, 1.165) is 49.9 Å². The van der Waals surface area contributed by atoms with Crippen LogP contribution in [0.15, 0.2) is 95.3 Å². The SMILES string of the molecule is CCN(CCOC)C(=O)c1ccc(-c2cnc3[nH]c4ccc(NS(=O)(=O)c5ccsc5C(=O)OC)cc4c3c2-c2ccccc2)cc1. The lowest BCUT2D eigenvalue weighted by Gasteiger charge is -2.20. The Kier molecular flexibility index (Phi) is 9.08. The number of sulfonamides is 1. The first-order valence-corrected chi connectivity index (χ1v) is 17.2. The molecule has 0 bridgehead atoms. The van der Waals surface area contributed by atoms with Crippen LogP contribution in [-0.2, 0) is 19.5 Å². The molecule has 0 aliphatic carbocycles. The molecule has 240 valence electrons. The van der Waals surface area contributed by atoms with Crippen molar-refractivity contribution in [2.45, 2.75) is 11.8 Å². The Labute approximate surface area is 276 Å². The van der Waals surface area contributed by atoms with Crippen molar-refractivity contribution in [2.75, 3.05) is 38.6 Å². The molecule has 0 atom stereocenters. The standard InChI is InChI=1S/C35H32N4O6S2/c1-4-39(17-18-44-2)34(40)24-12-10-22(11-13-24)27-21-36-33-31(30(27)23-8-6-5-7-9-23)26-20-25(14-15-28(26)37-33)38-47(42,43)29-16-19-46-32(29)35(41)45-3/h5-16,19-21,38H,4,17-18H2,1-3H3,(H,36,37). The predicted molar refractivity (Wildman–Crippen MR) is 184 cm³/mol. The van der Waals surface area contributed by atoms with E-state index in [2.05, 4.69) is 9.71 Å². The molecule has 0 spiro atoms. The largest absolute Gasteiger partial charge is 0.465 e. The fraction of sp³-hybridized carbons (Fsp3) is 0.171. The highest BCUT2D eigenvalue weighted by atomic mass is 32.2. The van der Waals surface area contributed by atoms with Gasteiger partial charge in [0.05, 0.1) is 13.7 Å². The van der Waals surface area contributed by atoms with Gasteiger partial charge in [0, 0.05) is 65.1 Å². The molecule has 6 rings (SSSR count). The normalized spacial score (nSPS) is 11.6. The minimum atomic E-state index is -4.10. The number of nitrogens with one attached hydrogen (secondary N) is 2. The Morgan fingerprint density at radius 1 is 0.979 bits per heavy atom. The molecule has 1 amide bonds. The van der Waals surface area contributed by atoms with Crippen molar-refractivity contribution in [3.05, 3.63) is 101 Å². The Morgan fingerprint density at radius 3 is 2.45 bits per heavy atom. The number of esters is 1. The van der Waals surface area contributed by atoms with E-state index >= 15 is 0 Å². The van der Waals surface area contributed by atoms with Gasteiger partial charge < -0.3 is 19.4 Å². The third kappa shape index (κ3) is 6.22. The van der Waals surface area contributed by atoms with Gasteiger partial charge in [0.25, 0.3) is 15.9 Å². The number of ether oxygens (including phenoxy) is 2. The summed E-state index contributed by atoms with van der Waals surface area (Å²) in [4.78, 5) is 35.1. The quantitative estimate of drug-likeness (QED) is 0.145. The summed E-state index contributed by atoms with van der Waals surface area (Å²) in [6.07, 6.45) is 1.81. The molecule has 3 aromatic heterocycles. The molecule has 0 aliphatic rings. The molecular formula is C35H32N4O6S2. The molecule has 0 radical (unpaired) electrons. The molecule has 0 fully saturated rings. The predicted octanol–water partition coefficient (Wildman–Crippen LogP) is 6.81. The number of aromatic amines is 1. The van der Waals surface area contributed by atoms with Crippen molar-refractivity contribution in [1.82, 2.24) is 14.9 Å². The van der Waals surface area contributed by atoms with E-state index in [0.29, 0.717) is 36.6 Å². The van der Waals surface area contributed by atoms with Gasteiger partial charge >= 0.3 is 5.97 Å². The summed E-state index contributed by atoms with van der Waals surface area (Å²) >= 11 is 0.999. The molecular weight excluding hydrogens is 637 g/mol. The molecule has 0 saturated heterocycles. The third-order valence-electron chi connectivity index (χ3n) is 7.90. The highest BCUT2D eigenvalue weighted by molar-refractivity contribution is 7.93. The first-order valence-electron chi connectivity index (χ1n) is 14.8. The molecule has 12 heteroatoms. The van der Waals surface area contributed by atoms with Crippen LogP contribution in [0.4, 0.5) is 5.69 Å². The number of carbonyl (C=O) groups is 2. The average molecular weight is 669 g/mol. The van der Waals surface area contributed by atoms with Crippen LogP contribution < -0.4 is 4.72 Å². The zero-order valence-corrected chi connectivity index (χ0v) is 27.6. The molecule has 2 N–H and O–H groups in total. The van der Waals surface area contributed by atoms with Crippen LogP contribution in [0.5, 0.6) is 0 Å². The maximum Gasteiger partial charge on any atom is 0.349 e. The highest BCUT2D eigenvalue weighted by Gasteiger charge is 2.25. The van der Waals surface area contributed by atoms with Crippen LogP contribution in [0.2, 0.25) is 0 Å². The van der Waals surface area contributed by atoms with Crippen molar-refractivity contribution in [3.8, 4) is 22.3 Å². The number of fused-ring (bicyclic) bond motifs is 3. The minimum Gasteiger partial charge on any atom is -0.465 e. The van der Waals surface area contributed by atoms with E-state index in [9.17, 15) is 18.0 Å². The Balaban J connectivity index is 1.45. The molecule has 10 nitrogen and oxygen atoms in total. The summed E-state index contributed by atoms with van der Waals surface area (Å²) < 4.78 is 39.3. The number of anilines is 1. The second-order valence-electron chi connectivity index (χ2n) is 10.7. The smallest absolute Gasteiger partial charge is 0.349 e. The van der Waals surface area contributed by atoms with Crippen LogP contribution in [0, 0.1) is 0 Å². The van der Waals surface area contributed by atoms with E-state index in [1.165, 1.54) is 18.6 Å². The minimum absolute atomic E-state index is 0.00141. The van der Waals surface area contributed by atoms with E-state index in [4.69, 9.17) is 14.5 Å². The number of aromatic nitrogens is 2. The number of hydrogen-bond acceptors (Lipinski definition) is 8. The van der Waals surface area contributed by atoms with Gasteiger partial charge in [-0.2, -0.15) is 0 Å². The fourth-order valence-corrected chi connectivity index (χ4v) is 7.97. The molecule has 3 aromatic carbocycles. The molecule has 0 aliphatic heterocycles. The van der Waals surface area contributed by atoms with Gasteiger partial charge in [-0.15, -0.1) is 11.3 Å². The lowest BCUT2D eigenvalue weighted by Crippen LogP contribution is -2.33. The van der Waals surface area contributed by atoms with E-state index in [-0.39, 0.29) is 15.7 Å². The number of benzene rings is 3. The van der Waals surface area contributed by atoms with Crippen molar-refractivity contribution >= 4 is 60.9 Å². The first kappa shape index (κ1) is 31.9. The maximum atomic E-state index is 13.4. The second-order valence-corrected chi connectivity index (χ2v) is 13.3. The number of thiophene rings is 1. The van der Waals surface area contributed by atoms with Crippen LogP contribution in [0.3, 0.4) is 0 Å². The van der Waals surface area contributed by atoms with Crippen LogP contribution in [0.25, 0.3) is 44.2 Å². The topological polar surface area (TPSA) is 131 Å². The fourth-order valence-electron chi connectivity index (χ4n) is 5.58. The summed E-state index contributed by atoms with van der Waals surface area (Å²) in [5, 5.41) is 3.11. The van der Waals surface area contributed by atoms with Crippen molar-refractivity contribution in [2.24, 2.45) is 0 Å². The number of pyridine rings is 1. The zero-order chi connectivity index (χ0) is 33.1. The molecule has 3 heterocycles. The molecule has 47 heavy (non-hydrogen) atoms. The average Bonchev–Trinajstić information content (AvgIpc) is 3.74. The first-order chi connectivity index (χ1) is 22.7. The molecule has 6 aromatic rings. The summed E-state index contributed by atoms with van der Waals surface area (Å²) in [6, 6.07) is 24.0. The van der Waals surface area contributed by atoms with E-state index in [1.807, 2.05) is 67.7 Å². The van der Waals surface area contributed by atoms with Gasteiger partial charge in [-0.1, -0.05) is 42.5 Å². The van der Waals surface area contributed by atoms with Crippen LogP contribution >= 0.6 is 11.3 Å². The summed E-state index contributed by atoms with van der Waals surface area (Å²) in [7, 11) is -1.28. The third-order valence-corrected chi connectivity index (χ3v) is 10.3. The number of likely N-dealkylation sites (N-methyl/N-ethyl adjacent to an activating group) is 1. The molecule has 0 saturated carbocycles. The van der Waals surface area contributed by atoms with Gasteiger partial charge in [0.1, 0.15) is 15.4 Å². The summed E-state index contributed by atoms with van der Waals surface area (Å²) in [5.41, 5.74) is 5.87. The number of amides is 1. The Morgan fingerprint density at radius 2 is 1.74 bits per heavy atom. The highest BCUT2D eigenvalue weighted by Crippen LogP contribution is 2.41. The van der Waals surface area contributed by atoms with Gasteiger partial charge in [0.15, 0.2) is 0 Å². The number of methoxy groups -OCH3 is 2. The number of carbonyl (C=O) groups excluding carboxylic acids is 2. The van der Waals surface area contributed by atoms with Gasteiger partial charge in [-0.3, -0.25) is 9.52 Å². The van der Waals surface area contributed by atoms with Crippen molar-refractivity contribution < 1.29 is 27.5 Å². The van der Waals surface area contributed by atoms with Gasteiger partial charge in [0.2, 0.25) is 0 Å². The van der Waals surface area contributed by atoms with E-state index in [1.54, 1.807) is 30.2 Å².